The van der Waals surface area contributed by atoms with Crippen LogP contribution in [0.25, 0.3) is 21.2 Å². The molecule has 34 heavy (non-hydrogen) atoms. The Morgan fingerprint density at radius 2 is 1.68 bits per heavy atom. The third kappa shape index (κ3) is 4.93. The Hall–Kier alpha value is -3.73. The number of rotatable bonds is 8. The summed E-state index contributed by atoms with van der Waals surface area (Å²) in [6.07, 6.45) is 0. The lowest BCUT2D eigenvalue weighted by atomic mass is 10.0. The number of hydrogen-bond acceptors (Lipinski definition) is 6. The second-order valence-corrected chi connectivity index (χ2v) is 9.97. The van der Waals surface area contributed by atoms with Gasteiger partial charge >= 0.3 is 5.97 Å². The van der Waals surface area contributed by atoms with Crippen molar-refractivity contribution in [2.24, 2.45) is 0 Å². The zero-order valence-electron chi connectivity index (χ0n) is 17.6. The van der Waals surface area contributed by atoms with Gasteiger partial charge < -0.3 is 15.5 Å². The molecule has 0 aliphatic rings. The highest BCUT2D eigenvalue weighted by Gasteiger charge is 2.20. The number of anilines is 1. The molecule has 4 aromatic rings. The molecule has 174 valence electrons. The minimum atomic E-state index is -3.80. The summed E-state index contributed by atoms with van der Waals surface area (Å²) in [7, 11) is -3.80. The van der Waals surface area contributed by atoms with E-state index in [1.54, 1.807) is 53.9 Å². The number of thiophene rings is 1. The Morgan fingerprint density at radius 3 is 2.38 bits per heavy atom. The van der Waals surface area contributed by atoms with Gasteiger partial charge in [0.15, 0.2) is 6.04 Å². The van der Waals surface area contributed by atoms with Crippen LogP contribution >= 0.6 is 11.3 Å². The fourth-order valence-electron chi connectivity index (χ4n) is 3.38. The predicted octanol–water partition coefficient (Wildman–Crippen LogP) is 3.54. The smallest absolute Gasteiger partial charge is 0.328 e. The standard InChI is InChI=1S/C24H20N2O6S2/c27-13-20(24(29)30)25-23(28)16-10-8-15(9-11-16)17-4-3-5-18(12-17)26-34(31,32)22-14-33-21-7-2-1-6-19(21)22/h1-12,14,20,26-27H,13H2,(H,25,28)(H,29,30)/t20-/m0/s1. The van der Waals surface area contributed by atoms with Crippen LogP contribution in [0.1, 0.15) is 10.4 Å². The van der Waals surface area contributed by atoms with Gasteiger partial charge in [0.2, 0.25) is 0 Å². The Morgan fingerprint density at radius 1 is 0.941 bits per heavy atom. The number of fused-ring (bicyclic) bond motifs is 1. The fraction of sp³-hybridized carbons (Fsp3) is 0.0833. The molecule has 0 saturated heterocycles. The highest BCUT2D eigenvalue weighted by Crippen LogP contribution is 2.31. The summed E-state index contributed by atoms with van der Waals surface area (Å²) in [6, 6.07) is 19.2. The Labute approximate surface area is 199 Å². The van der Waals surface area contributed by atoms with Gasteiger partial charge in [0.1, 0.15) is 4.90 Å². The van der Waals surface area contributed by atoms with Crippen LogP contribution in [0.3, 0.4) is 0 Å². The van der Waals surface area contributed by atoms with Gasteiger partial charge in [-0.15, -0.1) is 11.3 Å². The van der Waals surface area contributed by atoms with Gasteiger partial charge in [0.25, 0.3) is 15.9 Å². The first-order valence-corrected chi connectivity index (χ1v) is 12.5. The molecule has 4 N–H and O–H groups in total. The van der Waals surface area contributed by atoms with Crippen LogP contribution < -0.4 is 10.0 Å². The summed E-state index contributed by atoms with van der Waals surface area (Å²) in [5.74, 6) is -1.96. The van der Waals surface area contributed by atoms with Crippen molar-refractivity contribution in [2.75, 3.05) is 11.3 Å². The van der Waals surface area contributed by atoms with E-state index in [0.29, 0.717) is 11.1 Å². The van der Waals surface area contributed by atoms with Crippen LogP contribution in [0.15, 0.2) is 83.1 Å². The number of nitrogens with one attached hydrogen (secondary N) is 2. The van der Waals surface area contributed by atoms with E-state index < -0.39 is 34.5 Å². The number of carboxylic acid groups (broad SMARTS) is 1. The average molecular weight is 497 g/mol. The second kappa shape index (κ2) is 9.64. The number of aliphatic carboxylic acids is 1. The predicted molar refractivity (Wildman–Crippen MR) is 130 cm³/mol. The van der Waals surface area contributed by atoms with Gasteiger partial charge in [-0.2, -0.15) is 0 Å². The molecular formula is C24H20N2O6S2. The Kier molecular flexibility index (Phi) is 6.64. The summed E-state index contributed by atoms with van der Waals surface area (Å²) in [5, 5.41) is 22.5. The average Bonchev–Trinajstić information content (AvgIpc) is 3.27. The summed E-state index contributed by atoms with van der Waals surface area (Å²) in [4.78, 5) is 23.4. The highest BCUT2D eigenvalue weighted by atomic mass is 32.2. The maximum Gasteiger partial charge on any atom is 0.328 e. The first-order chi connectivity index (χ1) is 16.3. The van der Waals surface area contributed by atoms with Crippen molar-refractivity contribution in [1.82, 2.24) is 5.32 Å². The molecule has 1 atom stereocenters. The fourth-order valence-corrected chi connectivity index (χ4v) is 5.93. The van der Waals surface area contributed by atoms with Crippen molar-refractivity contribution in [3.8, 4) is 11.1 Å². The van der Waals surface area contributed by atoms with Crippen LogP contribution in [0.2, 0.25) is 0 Å². The number of sulfonamides is 1. The number of carboxylic acids is 1. The molecule has 10 heteroatoms. The maximum atomic E-state index is 13.0. The number of benzene rings is 3. The molecule has 0 aliphatic heterocycles. The van der Waals surface area contributed by atoms with E-state index in [1.165, 1.54) is 23.5 Å². The topological polar surface area (TPSA) is 133 Å². The first-order valence-electron chi connectivity index (χ1n) is 10.1. The highest BCUT2D eigenvalue weighted by molar-refractivity contribution is 7.93. The maximum absolute atomic E-state index is 13.0. The molecule has 0 aliphatic carbocycles. The van der Waals surface area contributed by atoms with Crippen LogP contribution in [0, 0.1) is 0 Å². The van der Waals surface area contributed by atoms with Gasteiger partial charge in [0, 0.05) is 26.7 Å². The van der Waals surface area contributed by atoms with Crippen LogP contribution in [-0.2, 0) is 14.8 Å². The quantitative estimate of drug-likeness (QED) is 0.295. The lowest BCUT2D eigenvalue weighted by molar-refractivity contribution is -0.140. The van der Waals surface area contributed by atoms with Gasteiger partial charge in [-0.3, -0.25) is 9.52 Å². The largest absolute Gasteiger partial charge is 0.480 e. The molecule has 1 heterocycles. The van der Waals surface area contributed by atoms with Gasteiger partial charge in [-0.05, 0) is 41.5 Å². The zero-order chi connectivity index (χ0) is 24.3. The molecule has 0 radical (unpaired) electrons. The molecule has 4 rings (SSSR count). The number of aliphatic hydroxyl groups is 1. The van der Waals surface area contributed by atoms with Crippen LogP contribution in [0.5, 0.6) is 0 Å². The molecular weight excluding hydrogens is 476 g/mol. The van der Waals surface area contributed by atoms with E-state index >= 15 is 0 Å². The van der Waals surface area contributed by atoms with Crippen molar-refractivity contribution >= 4 is 49.0 Å². The molecule has 3 aromatic carbocycles. The number of carbonyl (C=O) groups is 2. The number of amides is 1. The van der Waals surface area contributed by atoms with Crippen LogP contribution in [-0.4, -0.2) is 43.2 Å². The summed E-state index contributed by atoms with van der Waals surface area (Å²) < 4.78 is 29.5. The first kappa shape index (κ1) is 23.4. The van der Waals surface area contributed by atoms with E-state index in [4.69, 9.17) is 10.2 Å². The van der Waals surface area contributed by atoms with E-state index in [1.807, 2.05) is 12.1 Å². The van der Waals surface area contributed by atoms with Crippen LogP contribution in [0.4, 0.5) is 5.69 Å². The number of hydrogen-bond donors (Lipinski definition) is 4. The van der Waals surface area contributed by atoms with Crippen molar-refractivity contribution in [1.29, 1.82) is 0 Å². The lowest BCUT2D eigenvalue weighted by Gasteiger charge is -2.12. The van der Waals surface area contributed by atoms with E-state index in [-0.39, 0.29) is 10.5 Å². The Bertz CT molecular complexity index is 1460. The second-order valence-electron chi connectivity index (χ2n) is 7.41. The lowest BCUT2D eigenvalue weighted by Crippen LogP contribution is -2.43. The number of carbonyl (C=O) groups excluding carboxylic acids is 1. The molecule has 0 spiro atoms. The summed E-state index contributed by atoms with van der Waals surface area (Å²) in [6.45, 7) is -0.719. The number of aliphatic hydroxyl groups excluding tert-OH is 1. The van der Waals surface area contributed by atoms with Crippen molar-refractivity contribution in [3.63, 3.8) is 0 Å². The molecule has 8 nitrogen and oxygen atoms in total. The van der Waals surface area contributed by atoms with Gasteiger partial charge in [-0.25, -0.2) is 13.2 Å². The molecule has 1 amide bonds. The molecule has 0 unspecified atom stereocenters. The molecule has 0 bridgehead atoms. The molecule has 1 aromatic heterocycles. The third-order valence-corrected chi connectivity index (χ3v) is 7.65. The molecule has 0 saturated carbocycles. The zero-order valence-corrected chi connectivity index (χ0v) is 19.3. The van der Waals surface area contributed by atoms with Crippen molar-refractivity contribution < 1.29 is 28.2 Å². The minimum absolute atomic E-state index is 0.219. The van der Waals surface area contributed by atoms with Gasteiger partial charge in [-0.1, -0.05) is 42.5 Å². The van der Waals surface area contributed by atoms with E-state index in [9.17, 15) is 18.0 Å². The normalized spacial score (nSPS) is 12.3. The summed E-state index contributed by atoms with van der Waals surface area (Å²) >= 11 is 1.36. The SMILES string of the molecule is O=C(N[C@@H](CO)C(=O)O)c1ccc(-c2cccc(NS(=O)(=O)c3csc4ccccc34)c2)cc1. The van der Waals surface area contributed by atoms with E-state index in [0.717, 1.165) is 15.8 Å². The van der Waals surface area contributed by atoms with Crippen molar-refractivity contribution in [2.45, 2.75) is 10.9 Å². The monoisotopic (exact) mass is 496 g/mol. The third-order valence-electron chi connectivity index (χ3n) is 5.12. The van der Waals surface area contributed by atoms with Gasteiger partial charge in [0.05, 0.1) is 6.61 Å². The van der Waals surface area contributed by atoms with E-state index in [2.05, 4.69) is 10.0 Å². The minimum Gasteiger partial charge on any atom is -0.480 e. The molecule has 0 fully saturated rings. The van der Waals surface area contributed by atoms with Crippen molar-refractivity contribution in [3.05, 3.63) is 83.7 Å². The summed E-state index contributed by atoms with van der Waals surface area (Å²) in [5.41, 5.74) is 2.07. The Balaban J connectivity index is 1.53.